The van der Waals surface area contributed by atoms with E-state index in [9.17, 15) is 17.6 Å². The van der Waals surface area contributed by atoms with Gasteiger partial charge in [-0.1, -0.05) is 0 Å². The first-order chi connectivity index (χ1) is 16.1. The van der Waals surface area contributed by atoms with Crippen LogP contribution in [0.5, 0.6) is 0 Å². The van der Waals surface area contributed by atoms with Crippen molar-refractivity contribution < 1.29 is 22.0 Å². The minimum atomic E-state index is -3.64. The Morgan fingerprint density at radius 3 is 2.59 bits per heavy atom. The van der Waals surface area contributed by atoms with E-state index in [0.717, 1.165) is 12.0 Å². The molecule has 0 bridgehead atoms. The van der Waals surface area contributed by atoms with Gasteiger partial charge in [-0.25, -0.2) is 12.8 Å². The number of benzene rings is 2. The highest BCUT2D eigenvalue weighted by atomic mass is 32.2. The number of halogens is 1. The number of nitrogens with one attached hydrogen (secondary N) is 2. The summed E-state index contributed by atoms with van der Waals surface area (Å²) in [6.07, 6.45) is 3.00. The molecular weight excluding hydrogens is 461 g/mol. The standard InChI is InChI=1S/C23H24FN5O4S/c1-13-17-9-18-20(33-22(21(18)23(30)25-2)14-5-7-15(24)8-6-14)10-19(17)28(34(4,31)32)12-16-11-27(3)26-29(13)16/h5-11,13,26H,12H2,1-4H3,(H,25,30). The Bertz CT molecular complexity index is 1450. The lowest BCUT2D eigenvalue weighted by Crippen LogP contribution is -2.40. The van der Waals surface area contributed by atoms with Crippen molar-refractivity contribution in [1.82, 2.24) is 20.9 Å². The molecule has 1 amide bonds. The number of sulfonamides is 1. The van der Waals surface area contributed by atoms with Gasteiger partial charge < -0.3 is 9.73 Å². The van der Waals surface area contributed by atoms with Crippen molar-refractivity contribution in [2.24, 2.45) is 0 Å². The fourth-order valence-electron chi connectivity index (χ4n) is 4.52. The van der Waals surface area contributed by atoms with E-state index in [-0.39, 0.29) is 24.3 Å². The zero-order chi connectivity index (χ0) is 24.4. The average molecular weight is 486 g/mol. The SMILES string of the molecule is CNC(=O)c1c(-c2ccc(F)cc2)oc2cc3c(cc12)C(C)N1NN(C)C=C1CN3S(C)(=O)=O. The molecule has 0 saturated heterocycles. The van der Waals surface area contributed by atoms with E-state index in [1.54, 1.807) is 17.1 Å². The van der Waals surface area contributed by atoms with E-state index >= 15 is 0 Å². The lowest BCUT2D eigenvalue weighted by Gasteiger charge is -2.28. The van der Waals surface area contributed by atoms with Gasteiger partial charge in [-0.05, 0) is 37.3 Å². The van der Waals surface area contributed by atoms with Gasteiger partial charge in [0, 0.05) is 42.9 Å². The Hall–Kier alpha value is -3.57. The number of nitrogens with zero attached hydrogens (tertiary/aromatic N) is 3. The molecule has 34 heavy (non-hydrogen) atoms. The number of furan rings is 1. The number of anilines is 1. The second-order valence-electron chi connectivity index (χ2n) is 8.45. The maximum absolute atomic E-state index is 13.5. The molecule has 0 aliphatic carbocycles. The van der Waals surface area contributed by atoms with Gasteiger partial charge in [0.15, 0.2) is 0 Å². The van der Waals surface area contributed by atoms with Crippen LogP contribution in [0.2, 0.25) is 0 Å². The fourth-order valence-corrected chi connectivity index (χ4v) is 5.41. The number of carbonyl (C=O) groups excluding carboxylic acids is 1. The second kappa shape index (κ2) is 7.74. The van der Waals surface area contributed by atoms with Gasteiger partial charge >= 0.3 is 0 Å². The topological polar surface area (TPSA) is 98.1 Å². The summed E-state index contributed by atoms with van der Waals surface area (Å²) >= 11 is 0. The quantitative estimate of drug-likeness (QED) is 0.589. The van der Waals surface area contributed by atoms with Gasteiger partial charge in [0.2, 0.25) is 10.0 Å². The summed E-state index contributed by atoms with van der Waals surface area (Å²) in [5, 5.41) is 6.84. The van der Waals surface area contributed by atoms with E-state index in [0.29, 0.717) is 33.3 Å². The average Bonchev–Trinajstić information content (AvgIpc) is 3.32. The summed E-state index contributed by atoms with van der Waals surface area (Å²) in [7, 11) is -0.282. The number of amides is 1. The van der Waals surface area contributed by atoms with Gasteiger partial charge in [0.25, 0.3) is 5.91 Å². The van der Waals surface area contributed by atoms with Crippen molar-refractivity contribution in [2.75, 3.05) is 31.2 Å². The van der Waals surface area contributed by atoms with Crippen LogP contribution in [0.4, 0.5) is 10.1 Å². The fraction of sp³-hybridized carbons (Fsp3) is 0.261. The maximum Gasteiger partial charge on any atom is 0.255 e. The molecule has 2 aliphatic rings. The highest BCUT2D eigenvalue weighted by molar-refractivity contribution is 7.92. The first-order valence-corrected chi connectivity index (χ1v) is 12.5. The van der Waals surface area contributed by atoms with E-state index in [4.69, 9.17) is 4.42 Å². The first kappa shape index (κ1) is 22.2. The Morgan fingerprint density at radius 1 is 1.24 bits per heavy atom. The third-order valence-electron chi connectivity index (χ3n) is 6.13. The van der Waals surface area contributed by atoms with E-state index in [1.165, 1.54) is 35.6 Å². The predicted molar refractivity (Wildman–Crippen MR) is 126 cm³/mol. The zero-order valence-electron chi connectivity index (χ0n) is 19.1. The molecule has 2 N–H and O–H groups in total. The van der Waals surface area contributed by atoms with E-state index < -0.39 is 15.8 Å². The van der Waals surface area contributed by atoms with Gasteiger partial charge in [-0.2, -0.15) is 0 Å². The van der Waals surface area contributed by atoms with Crippen LogP contribution in [0.1, 0.15) is 28.9 Å². The molecule has 11 heteroatoms. The Labute approximate surface area is 196 Å². The van der Waals surface area contributed by atoms with Gasteiger partial charge in [0.05, 0.1) is 35.8 Å². The van der Waals surface area contributed by atoms with Crippen LogP contribution in [-0.4, -0.2) is 51.2 Å². The van der Waals surface area contributed by atoms with Crippen molar-refractivity contribution in [3.63, 3.8) is 0 Å². The van der Waals surface area contributed by atoms with Crippen molar-refractivity contribution in [2.45, 2.75) is 13.0 Å². The van der Waals surface area contributed by atoms with Crippen LogP contribution in [0.25, 0.3) is 22.3 Å². The van der Waals surface area contributed by atoms with Crippen LogP contribution in [0.15, 0.2) is 52.7 Å². The number of carbonyl (C=O) groups is 1. The van der Waals surface area contributed by atoms with Gasteiger partial charge in [-0.3, -0.25) is 19.1 Å². The number of hydrogen-bond acceptors (Lipinski definition) is 7. The predicted octanol–water partition coefficient (Wildman–Crippen LogP) is 2.95. The molecule has 0 spiro atoms. The van der Waals surface area contributed by atoms with Crippen molar-refractivity contribution in [1.29, 1.82) is 0 Å². The Kier molecular flexibility index (Phi) is 5.06. The third-order valence-corrected chi connectivity index (χ3v) is 7.25. The van der Waals surface area contributed by atoms with Crippen molar-refractivity contribution in [3.8, 4) is 11.3 Å². The molecule has 2 aromatic carbocycles. The minimum absolute atomic E-state index is 0.132. The molecule has 0 fully saturated rings. The van der Waals surface area contributed by atoms with Crippen molar-refractivity contribution >= 4 is 32.6 Å². The molecule has 0 saturated carbocycles. The number of rotatable bonds is 3. The molecule has 9 nitrogen and oxygen atoms in total. The van der Waals surface area contributed by atoms with Crippen LogP contribution in [0, 0.1) is 5.82 Å². The van der Waals surface area contributed by atoms with Crippen LogP contribution in [-0.2, 0) is 10.0 Å². The summed E-state index contributed by atoms with van der Waals surface area (Å²) in [6.45, 7) is 2.09. The molecule has 3 heterocycles. The lowest BCUT2D eigenvalue weighted by atomic mass is 9.99. The number of hydrazine groups is 2. The van der Waals surface area contributed by atoms with Crippen LogP contribution in [0.3, 0.4) is 0 Å². The smallest absolute Gasteiger partial charge is 0.255 e. The summed E-state index contributed by atoms with van der Waals surface area (Å²) in [4.78, 5) is 12.9. The van der Waals surface area contributed by atoms with E-state index in [1.807, 2.05) is 25.2 Å². The molecule has 0 radical (unpaired) electrons. The largest absolute Gasteiger partial charge is 0.455 e. The lowest BCUT2D eigenvalue weighted by molar-refractivity contribution is 0.0964. The Balaban J connectivity index is 1.79. The highest BCUT2D eigenvalue weighted by Gasteiger charge is 2.36. The molecule has 3 aromatic rings. The zero-order valence-corrected chi connectivity index (χ0v) is 19.9. The number of fused-ring (bicyclic) bond motifs is 3. The van der Waals surface area contributed by atoms with Crippen LogP contribution < -0.4 is 15.2 Å². The highest BCUT2D eigenvalue weighted by Crippen LogP contribution is 2.43. The first-order valence-electron chi connectivity index (χ1n) is 10.6. The summed E-state index contributed by atoms with van der Waals surface area (Å²) in [6, 6.07) is 8.87. The third kappa shape index (κ3) is 3.48. The van der Waals surface area contributed by atoms with Crippen LogP contribution >= 0.6 is 0 Å². The van der Waals surface area contributed by atoms with E-state index in [2.05, 4.69) is 10.9 Å². The molecular formula is C23H24FN5O4S. The monoisotopic (exact) mass is 485 g/mol. The molecule has 1 aromatic heterocycles. The minimum Gasteiger partial charge on any atom is -0.455 e. The molecule has 1 unspecified atom stereocenters. The number of hydrogen-bond donors (Lipinski definition) is 2. The molecule has 178 valence electrons. The molecule has 1 atom stereocenters. The van der Waals surface area contributed by atoms with Gasteiger partial charge in [0.1, 0.15) is 17.2 Å². The normalized spacial score (nSPS) is 18.0. The summed E-state index contributed by atoms with van der Waals surface area (Å²) < 4.78 is 46.6. The molecule has 5 rings (SSSR count). The van der Waals surface area contributed by atoms with Crippen molar-refractivity contribution in [3.05, 3.63) is 65.2 Å². The maximum atomic E-state index is 13.5. The van der Waals surface area contributed by atoms with Gasteiger partial charge in [-0.15, -0.1) is 5.53 Å². The summed E-state index contributed by atoms with van der Waals surface area (Å²) in [5.74, 6) is -0.482. The Morgan fingerprint density at radius 2 is 1.94 bits per heavy atom. The summed E-state index contributed by atoms with van der Waals surface area (Å²) in [5.41, 5.74) is 6.37. The second-order valence-corrected chi connectivity index (χ2v) is 10.4. The molecule has 2 aliphatic heterocycles.